The number of carbonyl (C=O) groups excluding carboxylic acids is 2. The van der Waals surface area contributed by atoms with Crippen molar-refractivity contribution in [1.82, 2.24) is 14.8 Å². The minimum absolute atomic E-state index is 0.111. The Labute approximate surface area is 214 Å². The molecule has 2 fully saturated rings. The van der Waals surface area contributed by atoms with E-state index < -0.39 is 0 Å². The van der Waals surface area contributed by atoms with Crippen LogP contribution in [0, 0.1) is 6.92 Å². The van der Waals surface area contributed by atoms with Gasteiger partial charge in [0.1, 0.15) is 5.01 Å². The number of amides is 2. The molecule has 0 bridgehead atoms. The Morgan fingerprint density at radius 1 is 0.917 bits per heavy atom. The van der Waals surface area contributed by atoms with Gasteiger partial charge in [-0.3, -0.25) is 19.4 Å². The van der Waals surface area contributed by atoms with E-state index in [1.54, 1.807) is 11.3 Å². The number of anilines is 1. The molecule has 7 heteroatoms. The Balaban J connectivity index is 1.12. The Morgan fingerprint density at radius 2 is 1.67 bits per heavy atom. The first kappa shape index (κ1) is 23.0. The molecule has 1 atom stereocenters. The predicted molar refractivity (Wildman–Crippen MR) is 144 cm³/mol. The van der Waals surface area contributed by atoms with E-state index in [2.05, 4.69) is 53.1 Å². The molecule has 0 radical (unpaired) electrons. The van der Waals surface area contributed by atoms with Crippen molar-refractivity contribution < 1.29 is 9.59 Å². The average molecular weight is 497 g/mol. The normalized spacial score (nSPS) is 19.5. The van der Waals surface area contributed by atoms with Gasteiger partial charge in [-0.1, -0.05) is 36.4 Å². The van der Waals surface area contributed by atoms with Crippen LogP contribution in [-0.2, 0) is 16.1 Å². The highest BCUT2D eigenvalue weighted by Gasteiger charge is 2.43. The largest absolute Gasteiger partial charge is 0.297 e. The molecular weight excluding hydrogens is 468 g/mol. The van der Waals surface area contributed by atoms with Gasteiger partial charge in [-0.05, 0) is 54.4 Å². The van der Waals surface area contributed by atoms with Crippen molar-refractivity contribution in [3.05, 3.63) is 83.9 Å². The highest BCUT2D eigenvalue weighted by molar-refractivity contribution is 7.21. The number of carbonyl (C=O) groups is 2. The topological polar surface area (TPSA) is 56.8 Å². The number of fused-ring (bicyclic) bond motifs is 1. The van der Waals surface area contributed by atoms with Crippen molar-refractivity contribution in [1.29, 1.82) is 0 Å². The molecule has 182 valence electrons. The number of aromatic nitrogens is 1. The van der Waals surface area contributed by atoms with Crippen LogP contribution in [0.25, 0.3) is 20.8 Å². The molecule has 1 aromatic heterocycles. The van der Waals surface area contributed by atoms with E-state index in [0.29, 0.717) is 5.69 Å². The van der Waals surface area contributed by atoms with Gasteiger partial charge in [0.05, 0.1) is 28.4 Å². The van der Waals surface area contributed by atoms with Crippen LogP contribution in [0.4, 0.5) is 5.69 Å². The Hall–Kier alpha value is -3.39. The number of benzene rings is 3. The maximum atomic E-state index is 13.3. The third-order valence-electron chi connectivity index (χ3n) is 7.14. The van der Waals surface area contributed by atoms with Gasteiger partial charge in [0, 0.05) is 38.3 Å². The predicted octanol–water partition coefficient (Wildman–Crippen LogP) is 4.72. The van der Waals surface area contributed by atoms with Crippen LogP contribution in [0.15, 0.2) is 72.8 Å². The molecule has 0 spiro atoms. The zero-order chi connectivity index (χ0) is 24.6. The summed E-state index contributed by atoms with van der Waals surface area (Å²) >= 11 is 1.65. The molecule has 3 aromatic carbocycles. The van der Waals surface area contributed by atoms with Gasteiger partial charge in [-0.15, -0.1) is 11.3 Å². The van der Waals surface area contributed by atoms with Crippen molar-refractivity contribution in [3.8, 4) is 10.6 Å². The molecule has 0 saturated carbocycles. The maximum absolute atomic E-state index is 13.3. The molecule has 0 unspecified atom stereocenters. The van der Waals surface area contributed by atoms with Gasteiger partial charge in [0.2, 0.25) is 5.91 Å². The fourth-order valence-electron chi connectivity index (χ4n) is 5.16. The van der Waals surface area contributed by atoms with Gasteiger partial charge in [0.15, 0.2) is 0 Å². The van der Waals surface area contributed by atoms with E-state index in [1.807, 2.05) is 36.4 Å². The first-order chi connectivity index (χ1) is 17.5. The molecule has 6 rings (SSSR count). The number of imide groups is 1. The summed E-state index contributed by atoms with van der Waals surface area (Å²) in [7, 11) is 0. The first-order valence-electron chi connectivity index (χ1n) is 12.4. The Kier molecular flexibility index (Phi) is 6.13. The monoisotopic (exact) mass is 496 g/mol. The smallest absolute Gasteiger partial charge is 0.251 e. The summed E-state index contributed by atoms with van der Waals surface area (Å²) < 4.78 is 1.16. The lowest BCUT2D eigenvalue weighted by molar-refractivity contribution is -0.123. The zero-order valence-electron chi connectivity index (χ0n) is 20.3. The first-order valence-corrected chi connectivity index (χ1v) is 13.2. The lowest BCUT2D eigenvalue weighted by Crippen LogP contribution is -2.52. The average Bonchev–Trinajstić information content (AvgIpc) is 3.45. The lowest BCUT2D eigenvalue weighted by Gasteiger charge is -2.37. The Bertz CT molecular complexity index is 1410. The molecule has 0 N–H and O–H groups in total. The van der Waals surface area contributed by atoms with Gasteiger partial charge in [-0.2, -0.15) is 0 Å². The van der Waals surface area contributed by atoms with Crippen molar-refractivity contribution in [2.24, 2.45) is 0 Å². The molecule has 3 heterocycles. The second-order valence-corrected chi connectivity index (χ2v) is 10.7. The summed E-state index contributed by atoms with van der Waals surface area (Å²) in [6.45, 7) is 6.36. The fraction of sp³-hybridized carbons (Fsp3) is 0.276. The van der Waals surface area contributed by atoms with Crippen LogP contribution in [0.1, 0.15) is 17.5 Å². The van der Waals surface area contributed by atoms with E-state index in [0.717, 1.165) is 53.5 Å². The molecule has 2 saturated heterocycles. The maximum Gasteiger partial charge on any atom is 0.251 e. The number of aryl methyl sites for hydroxylation is 1. The summed E-state index contributed by atoms with van der Waals surface area (Å²) in [6, 6.07) is 24.0. The zero-order valence-corrected chi connectivity index (χ0v) is 21.1. The number of nitrogens with zero attached hydrogens (tertiary/aromatic N) is 4. The van der Waals surface area contributed by atoms with Crippen molar-refractivity contribution >= 4 is 39.1 Å². The van der Waals surface area contributed by atoms with Crippen LogP contribution < -0.4 is 4.90 Å². The molecule has 4 aromatic rings. The van der Waals surface area contributed by atoms with Crippen LogP contribution in [-0.4, -0.2) is 58.8 Å². The SMILES string of the molecule is Cc1ccc2nc(-c3ccc(N4C(=O)C[C@@H](N5CCN(Cc6ccccc6)CC5)C4=O)cc3)sc2c1. The van der Waals surface area contributed by atoms with Gasteiger partial charge in [0.25, 0.3) is 5.91 Å². The number of piperazine rings is 1. The molecule has 36 heavy (non-hydrogen) atoms. The van der Waals surface area contributed by atoms with Gasteiger partial charge in [-0.25, -0.2) is 9.88 Å². The van der Waals surface area contributed by atoms with Gasteiger partial charge >= 0.3 is 0 Å². The van der Waals surface area contributed by atoms with E-state index >= 15 is 0 Å². The van der Waals surface area contributed by atoms with E-state index in [4.69, 9.17) is 4.98 Å². The number of thiazole rings is 1. The molecule has 2 aliphatic heterocycles. The molecule has 6 nitrogen and oxygen atoms in total. The number of rotatable bonds is 5. The Morgan fingerprint density at radius 3 is 2.42 bits per heavy atom. The van der Waals surface area contributed by atoms with Crippen molar-refractivity contribution in [2.45, 2.75) is 25.9 Å². The highest BCUT2D eigenvalue weighted by atomic mass is 32.1. The summed E-state index contributed by atoms with van der Waals surface area (Å²) in [5.41, 5.74) is 5.12. The highest BCUT2D eigenvalue weighted by Crippen LogP contribution is 2.33. The van der Waals surface area contributed by atoms with Crippen molar-refractivity contribution in [2.75, 3.05) is 31.1 Å². The summed E-state index contributed by atoms with van der Waals surface area (Å²) in [6.07, 6.45) is 0.247. The summed E-state index contributed by atoms with van der Waals surface area (Å²) in [5, 5.41) is 0.937. The molecule has 0 aliphatic carbocycles. The number of hydrogen-bond donors (Lipinski definition) is 0. The molecule has 2 amide bonds. The lowest BCUT2D eigenvalue weighted by atomic mass is 10.1. The minimum Gasteiger partial charge on any atom is -0.297 e. The number of hydrogen-bond acceptors (Lipinski definition) is 6. The summed E-state index contributed by atoms with van der Waals surface area (Å²) in [5.74, 6) is -0.236. The van der Waals surface area contributed by atoms with Crippen LogP contribution in [0.3, 0.4) is 0 Å². The molecular formula is C29H28N4O2S. The van der Waals surface area contributed by atoms with E-state index in [9.17, 15) is 9.59 Å². The van der Waals surface area contributed by atoms with E-state index in [-0.39, 0.29) is 24.3 Å². The van der Waals surface area contributed by atoms with Crippen LogP contribution >= 0.6 is 11.3 Å². The summed E-state index contributed by atoms with van der Waals surface area (Å²) in [4.78, 5) is 36.9. The fourth-order valence-corrected chi connectivity index (χ4v) is 6.22. The van der Waals surface area contributed by atoms with Crippen molar-refractivity contribution in [3.63, 3.8) is 0 Å². The third kappa shape index (κ3) is 4.46. The van der Waals surface area contributed by atoms with Gasteiger partial charge < -0.3 is 0 Å². The second kappa shape index (κ2) is 9.58. The third-order valence-corrected chi connectivity index (χ3v) is 8.20. The van der Waals surface area contributed by atoms with Crippen LogP contribution in [0.5, 0.6) is 0 Å². The minimum atomic E-state index is -0.372. The second-order valence-electron chi connectivity index (χ2n) is 9.62. The van der Waals surface area contributed by atoms with Crippen LogP contribution in [0.2, 0.25) is 0 Å². The molecule has 2 aliphatic rings. The van der Waals surface area contributed by atoms with E-state index in [1.165, 1.54) is 16.0 Å². The quantitative estimate of drug-likeness (QED) is 0.374. The standard InChI is InChI=1S/C29H28N4O2S/c1-20-7-12-24-26(17-20)36-28(30-24)22-8-10-23(11-9-22)33-27(34)18-25(29(33)35)32-15-13-31(14-16-32)19-21-5-3-2-4-6-21/h2-12,17,25H,13-16,18-19H2,1H3/t25-/m1/s1.